The summed E-state index contributed by atoms with van der Waals surface area (Å²) < 4.78 is 7.57. The minimum atomic E-state index is -1.65. The third-order valence-electron chi connectivity index (χ3n) is 7.73. The number of ether oxygens (including phenoxy) is 1. The fourth-order valence-corrected chi connectivity index (χ4v) is 5.38. The molecule has 1 aliphatic carbocycles. The van der Waals surface area contributed by atoms with Crippen molar-refractivity contribution in [2.75, 3.05) is 13.2 Å². The summed E-state index contributed by atoms with van der Waals surface area (Å²) in [5.41, 5.74) is 9.84. The monoisotopic (exact) mass is 537 g/mol. The quantitative estimate of drug-likeness (QED) is 0.299. The number of benzene rings is 3. The van der Waals surface area contributed by atoms with Gasteiger partial charge in [-0.15, -0.1) is 0 Å². The van der Waals surface area contributed by atoms with Crippen LogP contribution in [-0.2, 0) is 28.2 Å². The largest absolute Gasteiger partial charge is 0.494 e. The highest BCUT2D eigenvalue weighted by Gasteiger charge is 2.41. The molecule has 204 valence electrons. The molecule has 0 bridgehead atoms. The van der Waals surface area contributed by atoms with Gasteiger partial charge < -0.3 is 15.4 Å². The summed E-state index contributed by atoms with van der Waals surface area (Å²) in [7, 11) is 0. The zero-order valence-electron chi connectivity index (χ0n) is 22.3. The van der Waals surface area contributed by atoms with E-state index < -0.39 is 11.4 Å². The molecule has 1 aromatic heterocycles. The Morgan fingerprint density at radius 1 is 1.12 bits per heavy atom. The minimum absolute atomic E-state index is 0.102. The van der Waals surface area contributed by atoms with Gasteiger partial charge in [0.05, 0.1) is 18.7 Å². The molecule has 1 aliphatic heterocycles. The first-order chi connectivity index (χ1) is 19.4. The fourth-order valence-electron chi connectivity index (χ4n) is 5.38. The lowest BCUT2D eigenvalue weighted by molar-refractivity contribution is -0.130. The number of rotatable bonds is 10. The number of nitrogens with two attached hydrogens (primary N) is 1. The van der Waals surface area contributed by atoms with Gasteiger partial charge in [0, 0.05) is 30.2 Å². The Labute approximate surface area is 231 Å². The molecule has 0 radical (unpaired) electrons. The molecule has 40 heavy (non-hydrogen) atoms. The van der Waals surface area contributed by atoms with Gasteiger partial charge in [-0.25, -0.2) is 0 Å². The topological polar surface area (TPSA) is 120 Å². The van der Waals surface area contributed by atoms with Crippen LogP contribution in [0.25, 0.3) is 22.0 Å². The maximum Gasteiger partial charge on any atom is 0.254 e. The predicted molar refractivity (Wildman–Crippen MR) is 150 cm³/mol. The molecule has 9 heteroatoms. The maximum absolute atomic E-state index is 13.3. The van der Waals surface area contributed by atoms with Gasteiger partial charge in [-0.05, 0) is 72.2 Å². The lowest BCUT2D eigenvalue weighted by atomic mass is 9.88. The van der Waals surface area contributed by atoms with Crippen LogP contribution in [0.15, 0.2) is 66.9 Å². The number of amides is 3. The van der Waals surface area contributed by atoms with Gasteiger partial charge in [-0.2, -0.15) is 5.10 Å². The van der Waals surface area contributed by atoms with Gasteiger partial charge in [-0.3, -0.25) is 24.4 Å². The Morgan fingerprint density at radius 2 is 1.90 bits per heavy atom. The Balaban J connectivity index is 1.26. The van der Waals surface area contributed by atoms with Crippen molar-refractivity contribution in [3.8, 4) is 16.9 Å². The molecule has 0 saturated heterocycles. The molecule has 1 atom stereocenters. The highest BCUT2D eigenvalue weighted by Crippen LogP contribution is 2.33. The van der Waals surface area contributed by atoms with Crippen molar-refractivity contribution in [3.63, 3.8) is 0 Å². The van der Waals surface area contributed by atoms with E-state index in [0.29, 0.717) is 36.4 Å². The predicted octanol–water partition coefficient (Wildman–Crippen LogP) is 3.59. The van der Waals surface area contributed by atoms with Gasteiger partial charge in [0.2, 0.25) is 6.41 Å². The van der Waals surface area contributed by atoms with Crippen LogP contribution < -0.4 is 15.8 Å². The van der Waals surface area contributed by atoms with Crippen LogP contribution in [0, 0.1) is 5.92 Å². The van der Waals surface area contributed by atoms with Gasteiger partial charge in [0.15, 0.2) is 0 Å². The fraction of sp³-hybridized carbons (Fsp3) is 0.290. The molecular weight excluding hydrogens is 506 g/mol. The Morgan fingerprint density at radius 3 is 2.62 bits per heavy atom. The SMILES string of the molecule is CCOc1ccc2c(c1)C(=O)N(C[C@@](N)(C(=O)NC=O)c1ccc(-c3ccc4nn(CC5CC5)cc4c3)cc1)C2. The number of carbonyl (C=O) groups is 3. The van der Waals surface area contributed by atoms with Crippen LogP contribution in [0.4, 0.5) is 0 Å². The maximum atomic E-state index is 13.3. The molecule has 4 aromatic rings. The Hall–Kier alpha value is -4.50. The van der Waals surface area contributed by atoms with Crippen LogP contribution in [0.2, 0.25) is 0 Å². The third kappa shape index (κ3) is 4.84. The zero-order valence-corrected chi connectivity index (χ0v) is 22.3. The molecule has 1 saturated carbocycles. The van der Waals surface area contributed by atoms with Crippen LogP contribution in [0.1, 0.15) is 41.3 Å². The Kier molecular flexibility index (Phi) is 6.59. The van der Waals surface area contributed by atoms with Crippen LogP contribution in [-0.4, -0.2) is 46.1 Å². The molecule has 9 nitrogen and oxygen atoms in total. The van der Waals surface area contributed by atoms with E-state index in [2.05, 4.69) is 22.7 Å². The van der Waals surface area contributed by atoms with E-state index >= 15 is 0 Å². The lowest BCUT2D eigenvalue weighted by Gasteiger charge is -2.32. The number of fused-ring (bicyclic) bond motifs is 2. The highest BCUT2D eigenvalue weighted by molar-refractivity contribution is 6.00. The molecule has 2 aliphatic rings. The molecule has 2 heterocycles. The molecular formula is C31H31N5O4. The van der Waals surface area contributed by atoms with E-state index in [4.69, 9.17) is 10.5 Å². The highest BCUT2D eigenvalue weighted by atomic mass is 16.5. The number of carbonyl (C=O) groups excluding carboxylic acids is 3. The average molecular weight is 538 g/mol. The summed E-state index contributed by atoms with van der Waals surface area (Å²) in [6.45, 7) is 3.53. The number of hydrogen-bond acceptors (Lipinski definition) is 6. The zero-order chi connectivity index (χ0) is 27.9. The molecule has 3 N–H and O–H groups in total. The summed E-state index contributed by atoms with van der Waals surface area (Å²) in [6.07, 6.45) is 4.94. The van der Waals surface area contributed by atoms with Gasteiger partial charge >= 0.3 is 0 Å². The lowest BCUT2D eigenvalue weighted by Crippen LogP contribution is -2.57. The van der Waals surface area contributed by atoms with Gasteiger partial charge in [0.1, 0.15) is 11.3 Å². The first kappa shape index (κ1) is 25.8. The second kappa shape index (κ2) is 10.2. The van der Waals surface area contributed by atoms with Crippen molar-refractivity contribution in [2.45, 2.75) is 38.4 Å². The number of nitrogens with zero attached hydrogens (tertiary/aromatic N) is 3. The summed E-state index contributed by atoms with van der Waals surface area (Å²) in [5.74, 6) is 0.431. The van der Waals surface area contributed by atoms with Crippen molar-refractivity contribution in [1.82, 2.24) is 20.0 Å². The van der Waals surface area contributed by atoms with Crippen molar-refractivity contribution >= 4 is 29.1 Å². The van der Waals surface area contributed by atoms with Crippen LogP contribution in [0.3, 0.4) is 0 Å². The first-order valence-corrected chi connectivity index (χ1v) is 13.5. The standard InChI is InChI=1S/C31H31N5O4/c1-2-40-26-11-7-23-16-35(29(38)27(23)14-26)18-31(32,30(39)33-19-37)25-9-5-21(6-10-25)22-8-12-28-24(13-22)17-36(34-28)15-20-3-4-20/h5-14,17,19-20H,2-4,15-16,18,32H2,1H3,(H,33,37,39)/t31-/m0/s1. The van der Waals surface area contributed by atoms with Crippen molar-refractivity contribution in [3.05, 3.63) is 83.6 Å². The summed E-state index contributed by atoms with van der Waals surface area (Å²) >= 11 is 0. The van der Waals surface area contributed by atoms with E-state index in [0.717, 1.165) is 40.1 Å². The number of nitrogens with one attached hydrogen (secondary N) is 1. The first-order valence-electron chi connectivity index (χ1n) is 13.5. The van der Waals surface area contributed by atoms with Crippen LogP contribution in [0.5, 0.6) is 5.75 Å². The van der Waals surface area contributed by atoms with E-state index in [9.17, 15) is 14.4 Å². The van der Waals surface area contributed by atoms with E-state index in [1.807, 2.05) is 48.0 Å². The van der Waals surface area contributed by atoms with Crippen molar-refractivity contribution < 1.29 is 19.1 Å². The van der Waals surface area contributed by atoms with Crippen LogP contribution >= 0.6 is 0 Å². The second-order valence-electron chi connectivity index (χ2n) is 10.6. The minimum Gasteiger partial charge on any atom is -0.494 e. The van der Waals surface area contributed by atoms with E-state index in [-0.39, 0.29) is 12.5 Å². The van der Waals surface area contributed by atoms with E-state index in [1.54, 1.807) is 18.2 Å². The normalized spacial score (nSPS) is 16.1. The molecule has 3 aromatic carbocycles. The smallest absolute Gasteiger partial charge is 0.254 e. The number of hydrogen-bond donors (Lipinski definition) is 2. The summed E-state index contributed by atoms with van der Waals surface area (Å²) in [5, 5.41) is 7.95. The molecule has 0 unspecified atom stereocenters. The van der Waals surface area contributed by atoms with E-state index in [1.165, 1.54) is 17.7 Å². The third-order valence-corrected chi connectivity index (χ3v) is 7.73. The second-order valence-corrected chi connectivity index (χ2v) is 10.6. The molecule has 6 rings (SSSR count). The van der Waals surface area contributed by atoms with Crippen molar-refractivity contribution in [1.29, 1.82) is 0 Å². The summed E-state index contributed by atoms with van der Waals surface area (Å²) in [4.78, 5) is 39.1. The molecule has 1 fully saturated rings. The molecule has 0 spiro atoms. The van der Waals surface area contributed by atoms with Gasteiger partial charge in [0.25, 0.3) is 11.8 Å². The molecule has 3 amide bonds. The Bertz CT molecular complexity index is 1610. The van der Waals surface area contributed by atoms with Gasteiger partial charge in [-0.1, -0.05) is 36.4 Å². The number of aromatic nitrogens is 2. The average Bonchev–Trinajstić information content (AvgIpc) is 3.60. The number of imide groups is 1. The summed E-state index contributed by atoms with van der Waals surface area (Å²) in [6, 6.07) is 18.9. The van der Waals surface area contributed by atoms with Crippen molar-refractivity contribution in [2.24, 2.45) is 11.7 Å².